The summed E-state index contributed by atoms with van der Waals surface area (Å²) >= 11 is 3.25. The normalized spacial score (nSPS) is 11.3. The molecule has 0 bridgehead atoms. The van der Waals surface area contributed by atoms with E-state index in [1.807, 2.05) is 17.6 Å². The van der Waals surface area contributed by atoms with Crippen molar-refractivity contribution in [1.82, 2.24) is 14.3 Å². The van der Waals surface area contributed by atoms with E-state index < -0.39 is 15.9 Å². The number of nitrogens with one attached hydrogen (secondary N) is 1. The Morgan fingerprint density at radius 2 is 1.85 bits per heavy atom. The third kappa shape index (κ3) is 3.56. The Labute approximate surface area is 160 Å². The number of carbonyl (C=O) groups is 1. The molecule has 0 saturated heterocycles. The fraction of sp³-hybridized carbons (Fsp3) is 0.111. The lowest BCUT2D eigenvalue weighted by molar-refractivity contribution is 0.0981. The number of pyridine rings is 1. The van der Waals surface area contributed by atoms with Crippen LogP contribution in [0.15, 0.2) is 64.2 Å². The second-order valence-electron chi connectivity index (χ2n) is 5.72. The molecule has 134 valence electrons. The largest absolute Gasteiger partial charge is 0.316 e. The van der Waals surface area contributed by atoms with Gasteiger partial charge in [-0.1, -0.05) is 15.9 Å². The van der Waals surface area contributed by atoms with E-state index >= 15 is 0 Å². The molecule has 1 aromatic carbocycles. The SMILES string of the molecule is Cc1cc(C(=O)NS(=O)(=O)c2ccc(Br)cc2)c(C)n1-c1cccnc1. The van der Waals surface area contributed by atoms with Gasteiger partial charge in [-0.3, -0.25) is 9.78 Å². The van der Waals surface area contributed by atoms with E-state index in [0.29, 0.717) is 11.3 Å². The zero-order chi connectivity index (χ0) is 18.9. The minimum Gasteiger partial charge on any atom is -0.316 e. The average molecular weight is 434 g/mol. The van der Waals surface area contributed by atoms with Crippen molar-refractivity contribution >= 4 is 31.9 Å². The average Bonchev–Trinajstić information content (AvgIpc) is 2.90. The first-order valence-electron chi connectivity index (χ1n) is 7.71. The molecule has 3 aromatic rings. The third-order valence-corrected chi connectivity index (χ3v) is 5.81. The number of nitrogens with zero attached hydrogens (tertiary/aromatic N) is 2. The second-order valence-corrected chi connectivity index (χ2v) is 8.32. The quantitative estimate of drug-likeness (QED) is 0.683. The van der Waals surface area contributed by atoms with E-state index in [1.54, 1.807) is 43.6 Å². The summed E-state index contributed by atoms with van der Waals surface area (Å²) in [6.07, 6.45) is 3.34. The Morgan fingerprint density at radius 3 is 2.46 bits per heavy atom. The van der Waals surface area contributed by atoms with Crippen LogP contribution >= 0.6 is 15.9 Å². The molecule has 2 heterocycles. The fourth-order valence-electron chi connectivity index (χ4n) is 2.73. The smallest absolute Gasteiger partial charge is 0.266 e. The van der Waals surface area contributed by atoms with Crippen molar-refractivity contribution in [2.24, 2.45) is 0 Å². The lowest BCUT2D eigenvalue weighted by Crippen LogP contribution is -2.30. The molecule has 0 radical (unpaired) electrons. The maximum atomic E-state index is 12.6. The summed E-state index contributed by atoms with van der Waals surface area (Å²) in [5.74, 6) is -0.670. The van der Waals surface area contributed by atoms with Crippen LogP contribution in [0.2, 0.25) is 0 Å². The Bertz CT molecular complexity index is 1060. The number of hydrogen-bond acceptors (Lipinski definition) is 4. The van der Waals surface area contributed by atoms with Crippen molar-refractivity contribution in [3.63, 3.8) is 0 Å². The summed E-state index contributed by atoms with van der Waals surface area (Å²) < 4.78 is 29.6. The predicted octanol–water partition coefficient (Wildman–Crippen LogP) is 3.37. The van der Waals surface area contributed by atoms with Gasteiger partial charge in [0.1, 0.15) is 0 Å². The second kappa shape index (κ2) is 7.05. The number of benzene rings is 1. The minimum absolute atomic E-state index is 0.0233. The molecule has 0 fully saturated rings. The Balaban J connectivity index is 1.93. The Hall–Kier alpha value is -2.45. The number of rotatable bonds is 4. The van der Waals surface area contributed by atoms with Crippen LogP contribution in [0.1, 0.15) is 21.7 Å². The van der Waals surface area contributed by atoms with E-state index in [0.717, 1.165) is 15.9 Å². The first-order chi connectivity index (χ1) is 12.3. The maximum Gasteiger partial charge on any atom is 0.266 e. The molecule has 2 aromatic heterocycles. The highest BCUT2D eigenvalue weighted by Gasteiger charge is 2.22. The first kappa shape index (κ1) is 18.3. The molecule has 0 unspecified atom stereocenters. The topological polar surface area (TPSA) is 81.1 Å². The highest BCUT2D eigenvalue weighted by molar-refractivity contribution is 9.10. The molecular formula is C18H16BrN3O3S. The molecular weight excluding hydrogens is 418 g/mol. The van der Waals surface area contributed by atoms with E-state index in [-0.39, 0.29) is 4.90 Å². The summed E-state index contributed by atoms with van der Waals surface area (Å²) in [7, 11) is -3.95. The molecule has 1 amide bonds. The van der Waals surface area contributed by atoms with Crippen LogP contribution in [-0.2, 0) is 10.0 Å². The number of aromatic nitrogens is 2. The molecule has 6 nitrogen and oxygen atoms in total. The Kier molecular flexibility index (Phi) is 4.97. The number of sulfonamides is 1. The van der Waals surface area contributed by atoms with Crippen LogP contribution in [0.4, 0.5) is 0 Å². The standard InChI is InChI=1S/C18H16BrN3O3S/c1-12-10-17(13(2)22(12)15-4-3-9-20-11-15)18(23)21-26(24,25)16-7-5-14(19)6-8-16/h3-11H,1-2H3,(H,21,23). The zero-order valence-corrected chi connectivity index (χ0v) is 16.5. The van der Waals surface area contributed by atoms with Crippen molar-refractivity contribution in [3.8, 4) is 5.69 Å². The van der Waals surface area contributed by atoms with Gasteiger partial charge in [0.25, 0.3) is 15.9 Å². The van der Waals surface area contributed by atoms with Gasteiger partial charge in [0.05, 0.1) is 22.3 Å². The molecule has 1 N–H and O–H groups in total. The first-order valence-corrected chi connectivity index (χ1v) is 9.99. The summed E-state index contributed by atoms with van der Waals surface area (Å²) in [6.45, 7) is 3.61. The third-order valence-electron chi connectivity index (χ3n) is 3.93. The van der Waals surface area contributed by atoms with Gasteiger partial charge >= 0.3 is 0 Å². The van der Waals surface area contributed by atoms with Gasteiger partial charge < -0.3 is 4.57 Å². The Morgan fingerprint density at radius 1 is 1.15 bits per heavy atom. The fourth-order valence-corrected chi connectivity index (χ4v) is 3.96. The van der Waals surface area contributed by atoms with Gasteiger partial charge in [-0.2, -0.15) is 0 Å². The summed E-state index contributed by atoms with van der Waals surface area (Å²) in [5.41, 5.74) is 2.55. The molecule has 0 saturated carbocycles. The number of carbonyl (C=O) groups excluding carboxylic acids is 1. The minimum atomic E-state index is -3.95. The molecule has 26 heavy (non-hydrogen) atoms. The van der Waals surface area contributed by atoms with E-state index in [4.69, 9.17) is 0 Å². The summed E-state index contributed by atoms with van der Waals surface area (Å²) in [4.78, 5) is 16.7. The van der Waals surface area contributed by atoms with Crippen LogP contribution in [0.5, 0.6) is 0 Å². The van der Waals surface area contributed by atoms with Gasteiger partial charge in [0.2, 0.25) is 0 Å². The van der Waals surface area contributed by atoms with Crippen molar-refractivity contribution in [3.05, 3.63) is 76.3 Å². The van der Waals surface area contributed by atoms with E-state index in [9.17, 15) is 13.2 Å². The van der Waals surface area contributed by atoms with E-state index in [2.05, 4.69) is 25.6 Å². The summed E-state index contributed by atoms with van der Waals surface area (Å²) in [6, 6.07) is 11.4. The lowest BCUT2D eigenvalue weighted by atomic mass is 10.2. The van der Waals surface area contributed by atoms with Crippen LogP contribution in [0.25, 0.3) is 5.69 Å². The van der Waals surface area contributed by atoms with Gasteiger partial charge in [0, 0.05) is 22.1 Å². The van der Waals surface area contributed by atoms with Crippen molar-refractivity contribution in [2.45, 2.75) is 18.7 Å². The van der Waals surface area contributed by atoms with Crippen LogP contribution in [-0.4, -0.2) is 23.9 Å². The molecule has 8 heteroatoms. The van der Waals surface area contributed by atoms with Gasteiger partial charge in [-0.15, -0.1) is 0 Å². The molecule has 0 spiro atoms. The molecule has 0 aliphatic heterocycles. The van der Waals surface area contributed by atoms with Crippen LogP contribution < -0.4 is 4.72 Å². The van der Waals surface area contributed by atoms with Gasteiger partial charge in [-0.05, 0) is 56.3 Å². The number of aryl methyl sites for hydroxylation is 1. The summed E-state index contributed by atoms with van der Waals surface area (Å²) in [5, 5.41) is 0. The highest BCUT2D eigenvalue weighted by Crippen LogP contribution is 2.21. The van der Waals surface area contributed by atoms with Crippen molar-refractivity contribution < 1.29 is 13.2 Å². The van der Waals surface area contributed by atoms with Crippen LogP contribution in [0, 0.1) is 13.8 Å². The zero-order valence-electron chi connectivity index (χ0n) is 14.1. The molecule has 0 aliphatic carbocycles. The number of halogens is 1. The van der Waals surface area contributed by atoms with Gasteiger partial charge in [0.15, 0.2) is 0 Å². The van der Waals surface area contributed by atoms with Crippen LogP contribution in [0.3, 0.4) is 0 Å². The van der Waals surface area contributed by atoms with Gasteiger partial charge in [-0.25, -0.2) is 13.1 Å². The highest BCUT2D eigenvalue weighted by atomic mass is 79.9. The molecule has 3 rings (SSSR count). The molecule has 0 aliphatic rings. The van der Waals surface area contributed by atoms with Crippen molar-refractivity contribution in [2.75, 3.05) is 0 Å². The van der Waals surface area contributed by atoms with Crippen molar-refractivity contribution in [1.29, 1.82) is 0 Å². The number of amides is 1. The van der Waals surface area contributed by atoms with E-state index in [1.165, 1.54) is 12.1 Å². The lowest BCUT2D eigenvalue weighted by Gasteiger charge is -2.10. The predicted molar refractivity (Wildman–Crippen MR) is 102 cm³/mol. The number of hydrogen-bond donors (Lipinski definition) is 1. The maximum absolute atomic E-state index is 12.6. The molecule has 0 atom stereocenters. The monoisotopic (exact) mass is 433 g/mol.